The molecule has 1 aromatic heterocycles. The van der Waals surface area contributed by atoms with Crippen LogP contribution in [-0.2, 0) is 6.54 Å². The first-order chi connectivity index (χ1) is 9.61. The van der Waals surface area contributed by atoms with E-state index in [1.807, 2.05) is 25.1 Å². The van der Waals surface area contributed by atoms with Crippen LogP contribution in [0, 0.1) is 6.92 Å². The lowest BCUT2D eigenvalue weighted by atomic mass is 10.1. The van der Waals surface area contributed by atoms with Gasteiger partial charge in [0.2, 0.25) is 0 Å². The molecule has 0 aliphatic rings. The van der Waals surface area contributed by atoms with Crippen molar-refractivity contribution in [2.45, 2.75) is 20.4 Å². The van der Waals surface area contributed by atoms with Crippen molar-refractivity contribution in [2.24, 2.45) is 0 Å². The van der Waals surface area contributed by atoms with E-state index < -0.39 is 5.97 Å². The molecule has 0 atom stereocenters. The summed E-state index contributed by atoms with van der Waals surface area (Å²) in [6.07, 6.45) is 1.42. The fraction of sp³-hybridized carbons (Fsp3) is 0.250. The Morgan fingerprint density at radius 3 is 2.55 bits per heavy atom. The Balaban J connectivity index is 2.26. The van der Waals surface area contributed by atoms with Gasteiger partial charge in [0.1, 0.15) is 5.82 Å². The van der Waals surface area contributed by atoms with Crippen LogP contribution in [0.2, 0.25) is 0 Å². The summed E-state index contributed by atoms with van der Waals surface area (Å²) >= 11 is 0. The Bertz CT molecular complexity index is 597. The monoisotopic (exact) mass is 270 g/mol. The number of anilines is 1. The molecule has 104 valence electrons. The maximum absolute atomic E-state index is 10.9. The van der Waals surface area contributed by atoms with Crippen LogP contribution in [0.25, 0.3) is 0 Å². The second-order valence-corrected chi connectivity index (χ2v) is 4.67. The first-order valence-corrected chi connectivity index (χ1v) is 6.60. The van der Waals surface area contributed by atoms with Crippen LogP contribution in [0.15, 0.2) is 42.6 Å². The molecule has 4 heteroatoms. The summed E-state index contributed by atoms with van der Waals surface area (Å²) in [6.45, 7) is 5.53. The SMILES string of the molecule is CCN(Cc1ccccc1)c1ncc(C(=O)O)cc1C. The van der Waals surface area contributed by atoms with E-state index in [-0.39, 0.29) is 5.56 Å². The number of carboxylic acids is 1. The third-order valence-electron chi connectivity index (χ3n) is 3.20. The Hall–Kier alpha value is -2.36. The van der Waals surface area contributed by atoms with Gasteiger partial charge in [-0.3, -0.25) is 0 Å². The predicted molar refractivity (Wildman–Crippen MR) is 79.1 cm³/mol. The average Bonchev–Trinajstić information content (AvgIpc) is 2.46. The normalized spacial score (nSPS) is 10.3. The van der Waals surface area contributed by atoms with Crippen molar-refractivity contribution in [2.75, 3.05) is 11.4 Å². The van der Waals surface area contributed by atoms with Crippen molar-refractivity contribution in [1.82, 2.24) is 4.98 Å². The van der Waals surface area contributed by atoms with Crippen LogP contribution in [-0.4, -0.2) is 22.6 Å². The number of hydrogen-bond acceptors (Lipinski definition) is 3. The molecule has 0 bridgehead atoms. The number of aromatic carboxylic acids is 1. The minimum Gasteiger partial charge on any atom is -0.478 e. The molecule has 1 N–H and O–H groups in total. The second-order valence-electron chi connectivity index (χ2n) is 4.67. The lowest BCUT2D eigenvalue weighted by Gasteiger charge is -2.24. The Morgan fingerprint density at radius 1 is 1.30 bits per heavy atom. The fourth-order valence-electron chi connectivity index (χ4n) is 2.16. The van der Waals surface area contributed by atoms with Gasteiger partial charge in [-0.2, -0.15) is 0 Å². The molecule has 20 heavy (non-hydrogen) atoms. The highest BCUT2D eigenvalue weighted by atomic mass is 16.4. The molecule has 2 aromatic rings. The van der Waals surface area contributed by atoms with Crippen molar-refractivity contribution in [3.8, 4) is 0 Å². The highest BCUT2D eigenvalue weighted by Gasteiger charge is 2.12. The quantitative estimate of drug-likeness (QED) is 0.907. The number of rotatable bonds is 5. The summed E-state index contributed by atoms with van der Waals surface area (Å²) in [6, 6.07) is 11.8. The van der Waals surface area contributed by atoms with Crippen LogP contribution < -0.4 is 4.90 Å². The van der Waals surface area contributed by atoms with Gasteiger partial charge in [0, 0.05) is 19.3 Å². The highest BCUT2D eigenvalue weighted by Crippen LogP contribution is 2.20. The van der Waals surface area contributed by atoms with Gasteiger partial charge in [0.15, 0.2) is 0 Å². The maximum atomic E-state index is 10.9. The molecule has 0 spiro atoms. The summed E-state index contributed by atoms with van der Waals surface area (Å²) in [5, 5.41) is 8.98. The van der Waals surface area contributed by atoms with Crippen LogP contribution in [0.5, 0.6) is 0 Å². The van der Waals surface area contributed by atoms with Gasteiger partial charge >= 0.3 is 5.97 Å². The molecule has 0 amide bonds. The van der Waals surface area contributed by atoms with Crippen LogP contribution >= 0.6 is 0 Å². The van der Waals surface area contributed by atoms with Crippen LogP contribution in [0.1, 0.15) is 28.4 Å². The lowest BCUT2D eigenvalue weighted by molar-refractivity contribution is 0.0696. The van der Waals surface area contributed by atoms with Crippen molar-refractivity contribution in [1.29, 1.82) is 0 Å². The van der Waals surface area contributed by atoms with E-state index in [9.17, 15) is 4.79 Å². The Morgan fingerprint density at radius 2 is 2.00 bits per heavy atom. The molecule has 1 heterocycles. The topological polar surface area (TPSA) is 53.4 Å². The van der Waals surface area contributed by atoms with Gasteiger partial charge in [-0.25, -0.2) is 9.78 Å². The Labute approximate surface area is 118 Å². The number of carbonyl (C=O) groups is 1. The molecule has 2 rings (SSSR count). The zero-order valence-corrected chi connectivity index (χ0v) is 11.7. The number of nitrogens with zero attached hydrogens (tertiary/aromatic N) is 2. The van der Waals surface area contributed by atoms with Gasteiger partial charge in [-0.15, -0.1) is 0 Å². The molecule has 0 unspecified atom stereocenters. The fourth-order valence-corrected chi connectivity index (χ4v) is 2.16. The zero-order valence-electron chi connectivity index (χ0n) is 11.7. The summed E-state index contributed by atoms with van der Waals surface area (Å²) in [7, 11) is 0. The smallest absolute Gasteiger partial charge is 0.337 e. The first kappa shape index (κ1) is 14.1. The van der Waals surface area contributed by atoms with Gasteiger partial charge < -0.3 is 10.0 Å². The van der Waals surface area contributed by atoms with Crippen molar-refractivity contribution in [3.05, 3.63) is 59.3 Å². The Kier molecular flexibility index (Phi) is 4.35. The summed E-state index contributed by atoms with van der Waals surface area (Å²) in [5.41, 5.74) is 2.31. The van der Waals surface area contributed by atoms with E-state index in [1.165, 1.54) is 11.8 Å². The molecular formula is C16H18N2O2. The molecule has 0 aliphatic heterocycles. The number of carboxylic acid groups (broad SMARTS) is 1. The number of aryl methyl sites for hydroxylation is 1. The number of benzene rings is 1. The van der Waals surface area contributed by atoms with E-state index in [2.05, 4.69) is 28.9 Å². The highest BCUT2D eigenvalue weighted by molar-refractivity contribution is 5.87. The molecule has 0 saturated carbocycles. The molecule has 0 radical (unpaired) electrons. The standard InChI is InChI=1S/C16H18N2O2/c1-3-18(11-13-7-5-4-6-8-13)15-12(2)9-14(10-17-15)16(19)20/h4-10H,3,11H2,1-2H3,(H,19,20). The van der Waals surface area contributed by atoms with E-state index in [0.717, 1.165) is 24.5 Å². The molecule has 0 saturated heterocycles. The summed E-state index contributed by atoms with van der Waals surface area (Å²) in [5.74, 6) is -0.111. The molecule has 4 nitrogen and oxygen atoms in total. The largest absolute Gasteiger partial charge is 0.478 e. The third-order valence-corrected chi connectivity index (χ3v) is 3.20. The number of aromatic nitrogens is 1. The average molecular weight is 270 g/mol. The van der Waals surface area contributed by atoms with Crippen molar-refractivity contribution >= 4 is 11.8 Å². The summed E-state index contributed by atoms with van der Waals surface area (Å²) in [4.78, 5) is 17.4. The molecule has 1 aromatic carbocycles. The maximum Gasteiger partial charge on any atom is 0.337 e. The minimum atomic E-state index is -0.946. The van der Waals surface area contributed by atoms with E-state index in [4.69, 9.17) is 5.11 Å². The summed E-state index contributed by atoms with van der Waals surface area (Å²) < 4.78 is 0. The van der Waals surface area contributed by atoms with Gasteiger partial charge in [-0.1, -0.05) is 30.3 Å². The lowest BCUT2D eigenvalue weighted by Crippen LogP contribution is -2.24. The minimum absolute atomic E-state index is 0.224. The molecule has 0 aliphatic carbocycles. The molecular weight excluding hydrogens is 252 g/mol. The van der Waals surface area contributed by atoms with E-state index in [0.29, 0.717) is 0 Å². The molecule has 0 fully saturated rings. The van der Waals surface area contributed by atoms with Crippen LogP contribution in [0.4, 0.5) is 5.82 Å². The predicted octanol–water partition coefficient (Wildman–Crippen LogP) is 3.11. The van der Waals surface area contributed by atoms with E-state index >= 15 is 0 Å². The first-order valence-electron chi connectivity index (χ1n) is 6.60. The third kappa shape index (κ3) is 3.15. The number of hydrogen-bond donors (Lipinski definition) is 1. The zero-order chi connectivity index (χ0) is 14.5. The second kappa shape index (κ2) is 6.19. The van der Waals surface area contributed by atoms with Crippen molar-refractivity contribution in [3.63, 3.8) is 0 Å². The van der Waals surface area contributed by atoms with E-state index in [1.54, 1.807) is 6.07 Å². The van der Waals surface area contributed by atoms with Gasteiger partial charge in [0.25, 0.3) is 0 Å². The number of pyridine rings is 1. The van der Waals surface area contributed by atoms with Crippen molar-refractivity contribution < 1.29 is 9.90 Å². The van der Waals surface area contributed by atoms with Gasteiger partial charge in [-0.05, 0) is 31.0 Å². The van der Waals surface area contributed by atoms with Gasteiger partial charge in [0.05, 0.1) is 5.56 Å². The van der Waals surface area contributed by atoms with Crippen LogP contribution in [0.3, 0.4) is 0 Å².